The van der Waals surface area contributed by atoms with Gasteiger partial charge >= 0.3 is 0 Å². The summed E-state index contributed by atoms with van der Waals surface area (Å²) in [5.41, 5.74) is 4.03. The predicted octanol–water partition coefficient (Wildman–Crippen LogP) is 3.23. The highest BCUT2D eigenvalue weighted by Crippen LogP contribution is 2.24. The van der Waals surface area contributed by atoms with Gasteiger partial charge in [0.05, 0.1) is 0 Å². The van der Waals surface area contributed by atoms with Gasteiger partial charge in [-0.2, -0.15) is 0 Å². The lowest BCUT2D eigenvalue weighted by molar-refractivity contribution is 0.0953. The molecule has 0 atom stereocenters. The van der Waals surface area contributed by atoms with E-state index in [-0.39, 0.29) is 5.91 Å². The number of carbonyl (C=O) groups is 1. The summed E-state index contributed by atoms with van der Waals surface area (Å²) in [6.45, 7) is 6.06. The second-order valence-corrected chi connectivity index (χ2v) is 5.11. The standard InChI is InChI=1S/C18H17N3O/c1-3-10-19-18(22)17-16(14-7-5-4-6-8-14)20-15-12-13(2)9-11-21(15)17/h3-9,11-12H,1,10H2,2H3,(H,19,22). The molecule has 0 aliphatic rings. The molecule has 4 heteroatoms. The van der Waals surface area contributed by atoms with Crippen LogP contribution in [0.2, 0.25) is 0 Å². The molecule has 4 nitrogen and oxygen atoms in total. The highest BCUT2D eigenvalue weighted by molar-refractivity contribution is 5.99. The normalized spacial score (nSPS) is 10.6. The third kappa shape index (κ3) is 2.51. The molecule has 22 heavy (non-hydrogen) atoms. The second-order valence-electron chi connectivity index (χ2n) is 5.11. The monoisotopic (exact) mass is 291 g/mol. The van der Waals surface area contributed by atoms with Gasteiger partial charge in [0, 0.05) is 18.3 Å². The third-order valence-corrected chi connectivity index (χ3v) is 3.45. The van der Waals surface area contributed by atoms with Crippen molar-refractivity contribution in [3.63, 3.8) is 0 Å². The van der Waals surface area contributed by atoms with Gasteiger partial charge in [-0.1, -0.05) is 36.4 Å². The van der Waals surface area contributed by atoms with Crippen LogP contribution in [0.25, 0.3) is 16.9 Å². The highest BCUT2D eigenvalue weighted by Gasteiger charge is 2.19. The maximum absolute atomic E-state index is 12.5. The number of aromatic nitrogens is 2. The number of fused-ring (bicyclic) bond motifs is 1. The van der Waals surface area contributed by atoms with E-state index in [1.165, 1.54) is 0 Å². The van der Waals surface area contributed by atoms with Crippen molar-refractivity contribution >= 4 is 11.6 Å². The van der Waals surface area contributed by atoms with E-state index in [2.05, 4.69) is 16.9 Å². The number of imidazole rings is 1. The van der Waals surface area contributed by atoms with Crippen molar-refractivity contribution in [3.05, 3.63) is 72.6 Å². The summed E-state index contributed by atoms with van der Waals surface area (Å²) in [5, 5.41) is 2.83. The van der Waals surface area contributed by atoms with Crippen LogP contribution in [0, 0.1) is 6.92 Å². The van der Waals surface area contributed by atoms with Crippen LogP contribution in [0.5, 0.6) is 0 Å². The largest absolute Gasteiger partial charge is 0.347 e. The first-order chi connectivity index (χ1) is 10.7. The average Bonchev–Trinajstić information content (AvgIpc) is 2.92. The minimum atomic E-state index is -0.157. The van der Waals surface area contributed by atoms with Gasteiger partial charge < -0.3 is 5.32 Å². The van der Waals surface area contributed by atoms with Gasteiger partial charge in [-0.05, 0) is 24.6 Å². The SMILES string of the molecule is C=CCNC(=O)c1c(-c2ccccc2)nc2cc(C)ccn12. The maximum Gasteiger partial charge on any atom is 0.270 e. The van der Waals surface area contributed by atoms with Crippen LogP contribution >= 0.6 is 0 Å². The molecule has 0 fully saturated rings. The van der Waals surface area contributed by atoms with Gasteiger partial charge in [-0.15, -0.1) is 6.58 Å². The van der Waals surface area contributed by atoms with Crippen molar-refractivity contribution in [2.24, 2.45) is 0 Å². The molecule has 2 aromatic heterocycles. The Hall–Kier alpha value is -2.88. The Kier molecular flexibility index (Phi) is 3.74. The first-order valence-corrected chi connectivity index (χ1v) is 7.14. The lowest BCUT2D eigenvalue weighted by atomic mass is 10.1. The summed E-state index contributed by atoms with van der Waals surface area (Å²) < 4.78 is 1.83. The Labute approximate surface area is 129 Å². The smallest absolute Gasteiger partial charge is 0.270 e. The van der Waals surface area contributed by atoms with Crippen LogP contribution in [-0.4, -0.2) is 21.8 Å². The molecule has 0 aliphatic heterocycles. The summed E-state index contributed by atoms with van der Waals surface area (Å²) in [6.07, 6.45) is 3.54. The van der Waals surface area contributed by atoms with Crippen molar-refractivity contribution < 1.29 is 4.79 Å². The van der Waals surface area contributed by atoms with Gasteiger partial charge in [0.25, 0.3) is 5.91 Å². The highest BCUT2D eigenvalue weighted by atomic mass is 16.1. The Morgan fingerprint density at radius 2 is 2.09 bits per heavy atom. The summed E-state index contributed by atoms with van der Waals surface area (Å²) in [6, 6.07) is 13.7. The van der Waals surface area contributed by atoms with E-state index in [4.69, 9.17) is 0 Å². The fraction of sp³-hybridized carbons (Fsp3) is 0.111. The molecule has 1 aromatic carbocycles. The topological polar surface area (TPSA) is 46.4 Å². The fourth-order valence-electron chi connectivity index (χ4n) is 2.41. The van der Waals surface area contributed by atoms with Gasteiger partial charge in [0.1, 0.15) is 17.0 Å². The molecule has 0 unspecified atom stereocenters. The first-order valence-electron chi connectivity index (χ1n) is 7.14. The number of nitrogens with one attached hydrogen (secondary N) is 1. The summed E-state index contributed by atoms with van der Waals surface area (Å²) >= 11 is 0. The van der Waals surface area contributed by atoms with E-state index >= 15 is 0 Å². The average molecular weight is 291 g/mol. The molecule has 0 saturated carbocycles. The molecule has 1 amide bonds. The molecule has 0 aliphatic carbocycles. The number of carbonyl (C=O) groups excluding carboxylic acids is 1. The van der Waals surface area contributed by atoms with E-state index < -0.39 is 0 Å². The van der Waals surface area contributed by atoms with Crippen LogP contribution in [-0.2, 0) is 0 Å². The zero-order valence-corrected chi connectivity index (χ0v) is 12.4. The quantitative estimate of drug-likeness (QED) is 0.750. The molecule has 110 valence electrons. The lowest BCUT2D eigenvalue weighted by Crippen LogP contribution is -2.25. The van der Waals surface area contributed by atoms with E-state index in [1.807, 2.05) is 60.0 Å². The zero-order valence-electron chi connectivity index (χ0n) is 12.4. The van der Waals surface area contributed by atoms with Crippen LogP contribution in [0.3, 0.4) is 0 Å². The van der Waals surface area contributed by atoms with Gasteiger partial charge in [-0.3, -0.25) is 9.20 Å². The van der Waals surface area contributed by atoms with Gasteiger partial charge in [0.15, 0.2) is 0 Å². The molecule has 0 bridgehead atoms. The Bertz CT molecular complexity index is 834. The third-order valence-electron chi connectivity index (χ3n) is 3.45. The number of hydrogen-bond donors (Lipinski definition) is 1. The maximum atomic E-state index is 12.5. The van der Waals surface area contributed by atoms with Crippen LogP contribution < -0.4 is 5.32 Å². The van der Waals surface area contributed by atoms with Crippen molar-refractivity contribution in [2.45, 2.75) is 6.92 Å². The first kappa shape index (κ1) is 14.1. The molecule has 0 radical (unpaired) electrons. The number of rotatable bonds is 4. The minimum Gasteiger partial charge on any atom is -0.347 e. The van der Waals surface area contributed by atoms with E-state index in [1.54, 1.807) is 6.08 Å². The van der Waals surface area contributed by atoms with Crippen LogP contribution in [0.15, 0.2) is 61.3 Å². The Morgan fingerprint density at radius 1 is 1.32 bits per heavy atom. The van der Waals surface area contributed by atoms with E-state index in [9.17, 15) is 4.79 Å². The molecule has 0 spiro atoms. The minimum absolute atomic E-state index is 0.157. The van der Waals surface area contributed by atoms with Crippen molar-refractivity contribution in [1.82, 2.24) is 14.7 Å². The van der Waals surface area contributed by atoms with Gasteiger partial charge in [0.2, 0.25) is 0 Å². The molecule has 0 saturated heterocycles. The number of nitrogens with zero attached hydrogens (tertiary/aromatic N) is 2. The zero-order chi connectivity index (χ0) is 15.5. The van der Waals surface area contributed by atoms with Crippen molar-refractivity contribution in [1.29, 1.82) is 0 Å². The fourth-order valence-corrected chi connectivity index (χ4v) is 2.41. The number of hydrogen-bond acceptors (Lipinski definition) is 2. The van der Waals surface area contributed by atoms with E-state index in [0.29, 0.717) is 17.9 Å². The summed E-state index contributed by atoms with van der Waals surface area (Å²) in [4.78, 5) is 17.2. The van der Waals surface area contributed by atoms with Crippen molar-refractivity contribution in [3.8, 4) is 11.3 Å². The van der Waals surface area contributed by atoms with Crippen LogP contribution in [0.4, 0.5) is 0 Å². The predicted molar refractivity (Wildman–Crippen MR) is 87.9 cm³/mol. The summed E-state index contributed by atoms with van der Waals surface area (Å²) in [5.74, 6) is -0.157. The number of aryl methyl sites for hydroxylation is 1. The molecule has 3 aromatic rings. The van der Waals surface area contributed by atoms with Gasteiger partial charge in [-0.25, -0.2) is 4.98 Å². The molecule has 2 heterocycles. The lowest BCUT2D eigenvalue weighted by Gasteiger charge is -2.05. The number of benzene rings is 1. The second kappa shape index (κ2) is 5.85. The number of amides is 1. The molecule has 3 rings (SSSR count). The van der Waals surface area contributed by atoms with Crippen LogP contribution in [0.1, 0.15) is 16.1 Å². The summed E-state index contributed by atoms with van der Waals surface area (Å²) in [7, 11) is 0. The Balaban J connectivity index is 2.21. The number of pyridine rings is 1. The van der Waals surface area contributed by atoms with Crippen molar-refractivity contribution in [2.75, 3.05) is 6.54 Å². The molecular formula is C18H17N3O. The Morgan fingerprint density at radius 3 is 2.82 bits per heavy atom. The molecular weight excluding hydrogens is 274 g/mol. The molecule has 1 N–H and O–H groups in total. The van der Waals surface area contributed by atoms with E-state index in [0.717, 1.165) is 16.8 Å².